The predicted molar refractivity (Wildman–Crippen MR) is 79.6 cm³/mol. The van der Waals surface area contributed by atoms with Crippen molar-refractivity contribution in [2.75, 3.05) is 14.2 Å². The Kier molecular flexibility index (Phi) is 5.08. The van der Waals surface area contributed by atoms with Crippen LogP contribution in [-0.2, 0) is 19.3 Å². The van der Waals surface area contributed by atoms with E-state index in [2.05, 4.69) is 0 Å². The Hall–Kier alpha value is -2.01. The first-order valence-corrected chi connectivity index (χ1v) is 6.86. The summed E-state index contributed by atoms with van der Waals surface area (Å²) in [5.74, 6) is 0.768. The number of hydrogen-bond acceptors (Lipinski definition) is 2. The highest BCUT2D eigenvalue weighted by molar-refractivity contribution is 5.29. The Balaban J connectivity index is 2.04. The molecule has 0 atom stereocenters. The molecule has 2 aromatic rings. The van der Waals surface area contributed by atoms with Crippen LogP contribution in [-0.4, -0.2) is 19.1 Å². The average Bonchev–Trinajstić information content (AvgIpc) is 2.46. The third-order valence-corrected chi connectivity index (χ3v) is 3.29. The van der Waals surface area contributed by atoms with E-state index in [1.807, 2.05) is 36.2 Å². The number of hydrogen-bond donors (Lipinski definition) is 0. The van der Waals surface area contributed by atoms with E-state index < -0.39 is 11.7 Å². The van der Waals surface area contributed by atoms with Crippen molar-refractivity contribution >= 4 is 0 Å². The van der Waals surface area contributed by atoms with Crippen molar-refractivity contribution in [3.8, 4) is 5.75 Å². The Morgan fingerprint density at radius 1 is 0.955 bits per heavy atom. The van der Waals surface area contributed by atoms with Crippen LogP contribution in [0.25, 0.3) is 0 Å². The fourth-order valence-electron chi connectivity index (χ4n) is 2.30. The molecule has 0 aromatic heterocycles. The molecule has 0 saturated heterocycles. The molecule has 0 N–H and O–H groups in total. The van der Waals surface area contributed by atoms with Crippen molar-refractivity contribution < 1.29 is 17.9 Å². The molecular weight excluding hydrogens is 291 g/mol. The summed E-state index contributed by atoms with van der Waals surface area (Å²) in [6.45, 7) is 1.08. The minimum atomic E-state index is -4.30. The zero-order valence-electron chi connectivity index (χ0n) is 12.5. The number of methoxy groups -OCH3 is 1. The molecule has 0 heterocycles. The standard InChI is InChI=1S/C17H18F3NO/c1-21(12-14-6-4-8-16(10-14)22-2)11-13-5-3-7-15(9-13)17(18,19)20/h3-10H,11-12H2,1-2H3. The monoisotopic (exact) mass is 309 g/mol. The van der Waals surface area contributed by atoms with Crippen LogP contribution >= 0.6 is 0 Å². The molecule has 0 aliphatic rings. The molecule has 118 valence electrons. The molecule has 0 saturated carbocycles. The number of halogens is 3. The molecule has 2 rings (SSSR count). The number of rotatable bonds is 5. The molecule has 2 nitrogen and oxygen atoms in total. The SMILES string of the molecule is COc1cccc(CN(C)Cc2cccc(C(F)(F)F)c2)c1. The first-order chi connectivity index (χ1) is 10.4. The fraction of sp³-hybridized carbons (Fsp3) is 0.294. The summed E-state index contributed by atoms with van der Waals surface area (Å²) < 4.78 is 43.3. The molecule has 0 bridgehead atoms. The molecule has 0 aliphatic heterocycles. The molecule has 5 heteroatoms. The van der Waals surface area contributed by atoms with Gasteiger partial charge in [0.1, 0.15) is 5.75 Å². The maximum atomic E-state index is 12.7. The van der Waals surface area contributed by atoms with Gasteiger partial charge in [0.2, 0.25) is 0 Å². The summed E-state index contributed by atoms with van der Waals surface area (Å²) in [4.78, 5) is 1.96. The first-order valence-electron chi connectivity index (χ1n) is 6.86. The third kappa shape index (κ3) is 4.49. The average molecular weight is 309 g/mol. The Morgan fingerprint density at radius 3 is 2.14 bits per heavy atom. The van der Waals surface area contributed by atoms with Crippen LogP contribution in [0.5, 0.6) is 5.75 Å². The van der Waals surface area contributed by atoms with Crippen LogP contribution in [0, 0.1) is 0 Å². The summed E-state index contributed by atoms with van der Waals surface area (Å²) in [6.07, 6.45) is -4.30. The van der Waals surface area contributed by atoms with Crippen molar-refractivity contribution in [2.45, 2.75) is 19.3 Å². The van der Waals surface area contributed by atoms with E-state index in [-0.39, 0.29) is 0 Å². The summed E-state index contributed by atoms with van der Waals surface area (Å²) >= 11 is 0. The van der Waals surface area contributed by atoms with E-state index in [0.29, 0.717) is 18.7 Å². The molecule has 0 aliphatic carbocycles. The second-order valence-electron chi connectivity index (χ2n) is 5.22. The van der Waals surface area contributed by atoms with Crippen molar-refractivity contribution in [2.24, 2.45) is 0 Å². The van der Waals surface area contributed by atoms with E-state index in [9.17, 15) is 13.2 Å². The van der Waals surface area contributed by atoms with E-state index in [4.69, 9.17) is 4.74 Å². The lowest BCUT2D eigenvalue weighted by Crippen LogP contribution is -2.17. The lowest BCUT2D eigenvalue weighted by molar-refractivity contribution is -0.137. The van der Waals surface area contributed by atoms with Crippen LogP contribution in [0.1, 0.15) is 16.7 Å². The van der Waals surface area contributed by atoms with Gasteiger partial charge in [-0.05, 0) is 36.4 Å². The number of nitrogens with zero attached hydrogens (tertiary/aromatic N) is 1. The van der Waals surface area contributed by atoms with Gasteiger partial charge in [0, 0.05) is 13.1 Å². The van der Waals surface area contributed by atoms with E-state index in [1.54, 1.807) is 13.2 Å². The van der Waals surface area contributed by atoms with Gasteiger partial charge in [-0.25, -0.2) is 0 Å². The summed E-state index contributed by atoms with van der Waals surface area (Å²) in [5, 5.41) is 0. The van der Waals surface area contributed by atoms with Crippen molar-refractivity contribution in [3.63, 3.8) is 0 Å². The molecule has 0 fully saturated rings. The van der Waals surface area contributed by atoms with Gasteiger partial charge in [-0.3, -0.25) is 4.90 Å². The van der Waals surface area contributed by atoms with Gasteiger partial charge in [0.05, 0.1) is 12.7 Å². The number of benzene rings is 2. The minimum Gasteiger partial charge on any atom is -0.497 e. The summed E-state index contributed by atoms with van der Waals surface area (Å²) in [6, 6.07) is 13.1. The zero-order chi connectivity index (χ0) is 16.2. The lowest BCUT2D eigenvalue weighted by Gasteiger charge is -2.18. The van der Waals surface area contributed by atoms with Crippen LogP contribution in [0.2, 0.25) is 0 Å². The van der Waals surface area contributed by atoms with Gasteiger partial charge in [-0.2, -0.15) is 13.2 Å². The Labute approximate surface area is 128 Å². The third-order valence-electron chi connectivity index (χ3n) is 3.29. The summed E-state index contributed by atoms with van der Waals surface area (Å²) in [7, 11) is 3.48. The van der Waals surface area contributed by atoms with Crippen LogP contribution in [0.3, 0.4) is 0 Å². The fourth-order valence-corrected chi connectivity index (χ4v) is 2.30. The van der Waals surface area contributed by atoms with Gasteiger partial charge < -0.3 is 4.74 Å². The highest BCUT2D eigenvalue weighted by Crippen LogP contribution is 2.29. The van der Waals surface area contributed by atoms with Gasteiger partial charge >= 0.3 is 6.18 Å². The van der Waals surface area contributed by atoms with Gasteiger partial charge in [-0.1, -0.05) is 30.3 Å². The maximum absolute atomic E-state index is 12.7. The second-order valence-corrected chi connectivity index (χ2v) is 5.22. The maximum Gasteiger partial charge on any atom is 0.416 e. The summed E-state index contributed by atoms with van der Waals surface area (Å²) in [5.41, 5.74) is 1.08. The molecule has 22 heavy (non-hydrogen) atoms. The smallest absolute Gasteiger partial charge is 0.416 e. The van der Waals surface area contributed by atoms with E-state index >= 15 is 0 Å². The van der Waals surface area contributed by atoms with Crippen LogP contribution < -0.4 is 4.74 Å². The number of ether oxygens (including phenoxy) is 1. The quantitative estimate of drug-likeness (QED) is 0.814. The minimum absolute atomic E-state index is 0.446. The van der Waals surface area contributed by atoms with E-state index in [0.717, 1.165) is 17.4 Å². The largest absolute Gasteiger partial charge is 0.497 e. The zero-order valence-corrected chi connectivity index (χ0v) is 12.5. The molecule has 0 amide bonds. The topological polar surface area (TPSA) is 12.5 Å². The van der Waals surface area contributed by atoms with Crippen LogP contribution in [0.15, 0.2) is 48.5 Å². The van der Waals surface area contributed by atoms with Gasteiger partial charge in [0.15, 0.2) is 0 Å². The van der Waals surface area contributed by atoms with Crippen molar-refractivity contribution in [1.29, 1.82) is 0 Å². The molecule has 2 aromatic carbocycles. The van der Waals surface area contributed by atoms with Crippen molar-refractivity contribution in [3.05, 3.63) is 65.2 Å². The second kappa shape index (κ2) is 6.83. The molecule has 0 spiro atoms. The number of alkyl halides is 3. The van der Waals surface area contributed by atoms with Gasteiger partial charge in [-0.15, -0.1) is 0 Å². The predicted octanol–water partition coefficient (Wildman–Crippen LogP) is 4.35. The first kappa shape index (κ1) is 16.4. The van der Waals surface area contributed by atoms with Gasteiger partial charge in [0.25, 0.3) is 0 Å². The molecule has 0 unspecified atom stereocenters. The van der Waals surface area contributed by atoms with Crippen molar-refractivity contribution in [1.82, 2.24) is 4.90 Å². The normalized spacial score (nSPS) is 11.7. The lowest BCUT2D eigenvalue weighted by atomic mass is 10.1. The van der Waals surface area contributed by atoms with Crippen LogP contribution in [0.4, 0.5) is 13.2 Å². The highest BCUT2D eigenvalue weighted by atomic mass is 19.4. The Morgan fingerprint density at radius 2 is 1.55 bits per heavy atom. The Bertz CT molecular complexity index is 625. The highest BCUT2D eigenvalue weighted by Gasteiger charge is 2.30. The van der Waals surface area contributed by atoms with E-state index in [1.165, 1.54) is 12.1 Å². The molecular formula is C17H18F3NO. The molecule has 0 radical (unpaired) electrons.